The molecule has 0 bridgehead atoms. The minimum Gasteiger partial charge on any atom is -0.508 e. The molecule has 0 atom stereocenters. The van der Waals surface area contributed by atoms with E-state index in [2.05, 4.69) is 58.3 Å². The summed E-state index contributed by atoms with van der Waals surface area (Å²) < 4.78 is 7.53. The summed E-state index contributed by atoms with van der Waals surface area (Å²) in [5.74, 6) is -0.279. The van der Waals surface area contributed by atoms with E-state index in [1.807, 2.05) is 0 Å². The number of phenolic OH excluding ortho intramolecular Hbond substituents is 1. The summed E-state index contributed by atoms with van der Waals surface area (Å²) >= 11 is 9.98. The Balaban J connectivity index is 1.99. The quantitative estimate of drug-likeness (QED) is 0.318. The summed E-state index contributed by atoms with van der Waals surface area (Å²) in [6.07, 6.45) is 1.07. The Kier molecular flexibility index (Phi) is 7.12. The molecular weight excluding hydrogens is 542 g/mol. The first kappa shape index (κ1) is 20.3. The predicted molar refractivity (Wildman–Crippen MR) is 106 cm³/mol. The molecule has 0 spiro atoms. The average Bonchev–Trinajstić information content (AvgIpc) is 2.53. The number of nitro benzene ring substituents is 1. The minimum atomic E-state index is -0.617. The number of rotatable bonds is 6. The van der Waals surface area contributed by atoms with Crippen molar-refractivity contribution in [2.45, 2.75) is 0 Å². The van der Waals surface area contributed by atoms with E-state index in [9.17, 15) is 20.0 Å². The zero-order valence-corrected chi connectivity index (χ0v) is 17.5. The molecule has 26 heavy (non-hydrogen) atoms. The van der Waals surface area contributed by atoms with Crippen molar-refractivity contribution in [3.8, 4) is 11.5 Å². The maximum Gasteiger partial charge on any atom is 0.278 e. The summed E-state index contributed by atoms with van der Waals surface area (Å²) in [7, 11) is 0. The van der Waals surface area contributed by atoms with Crippen LogP contribution in [-0.2, 0) is 4.79 Å². The van der Waals surface area contributed by atoms with Crippen LogP contribution in [0, 0.1) is 10.1 Å². The van der Waals surface area contributed by atoms with Crippen LogP contribution in [0.3, 0.4) is 0 Å². The molecule has 2 rings (SSSR count). The second-order valence-electron chi connectivity index (χ2n) is 4.78. The van der Waals surface area contributed by atoms with Crippen molar-refractivity contribution in [2.75, 3.05) is 6.61 Å². The normalized spacial score (nSPS) is 10.7. The van der Waals surface area contributed by atoms with Crippen LogP contribution < -0.4 is 10.2 Å². The number of amides is 1. The largest absolute Gasteiger partial charge is 0.508 e. The van der Waals surface area contributed by atoms with Crippen molar-refractivity contribution in [3.63, 3.8) is 0 Å². The molecule has 0 aromatic heterocycles. The molecule has 8 nitrogen and oxygen atoms in total. The van der Waals surface area contributed by atoms with E-state index in [-0.39, 0.29) is 23.6 Å². The molecule has 0 fully saturated rings. The monoisotopic (exact) mass is 549 g/mol. The van der Waals surface area contributed by atoms with Crippen LogP contribution in [0.15, 0.2) is 48.9 Å². The van der Waals surface area contributed by atoms with Crippen LogP contribution in [0.1, 0.15) is 5.56 Å². The number of nitro groups is 1. The zero-order valence-electron chi connectivity index (χ0n) is 12.8. The van der Waals surface area contributed by atoms with Gasteiger partial charge in [0.25, 0.3) is 11.6 Å². The van der Waals surface area contributed by atoms with Gasteiger partial charge in [0.05, 0.1) is 25.6 Å². The van der Waals surface area contributed by atoms with Gasteiger partial charge in [0.15, 0.2) is 6.61 Å². The van der Waals surface area contributed by atoms with Crippen LogP contribution >= 0.6 is 47.8 Å². The fourth-order valence-corrected chi connectivity index (χ4v) is 4.31. The van der Waals surface area contributed by atoms with E-state index in [1.165, 1.54) is 12.1 Å². The van der Waals surface area contributed by atoms with Gasteiger partial charge < -0.3 is 9.84 Å². The molecule has 0 aliphatic carbocycles. The second-order valence-corrected chi connectivity index (χ2v) is 7.40. The highest BCUT2D eigenvalue weighted by Crippen LogP contribution is 2.36. The van der Waals surface area contributed by atoms with Gasteiger partial charge in [0.1, 0.15) is 11.5 Å². The first-order valence-electron chi connectivity index (χ1n) is 6.84. The topological polar surface area (TPSA) is 114 Å². The maximum absolute atomic E-state index is 11.8. The molecule has 0 unspecified atom stereocenters. The number of carbonyl (C=O) groups is 1. The Bertz CT molecular complexity index is 866. The third-order valence-corrected chi connectivity index (χ3v) is 4.55. The predicted octanol–water partition coefficient (Wildman–Crippen LogP) is 4.12. The van der Waals surface area contributed by atoms with Crippen LogP contribution in [0.2, 0.25) is 0 Å². The molecule has 0 heterocycles. The van der Waals surface area contributed by atoms with Crippen molar-refractivity contribution < 1.29 is 19.6 Å². The zero-order chi connectivity index (χ0) is 19.3. The summed E-state index contributed by atoms with van der Waals surface area (Å²) in [4.78, 5) is 22.1. The molecule has 11 heteroatoms. The molecular formula is C15H10Br3N3O5. The lowest BCUT2D eigenvalue weighted by Gasteiger charge is -2.09. The number of aromatic hydroxyl groups is 1. The summed E-state index contributed by atoms with van der Waals surface area (Å²) in [5.41, 5.74) is 2.00. The van der Waals surface area contributed by atoms with Gasteiger partial charge in [-0.05, 0) is 56.1 Å². The maximum atomic E-state index is 11.8. The first-order chi connectivity index (χ1) is 12.3. The smallest absolute Gasteiger partial charge is 0.278 e. The van der Waals surface area contributed by atoms with E-state index in [4.69, 9.17) is 4.74 Å². The van der Waals surface area contributed by atoms with Crippen LogP contribution in [0.5, 0.6) is 11.5 Å². The summed E-state index contributed by atoms with van der Waals surface area (Å²) in [6.45, 7) is -0.321. The Labute approximate surface area is 172 Å². The van der Waals surface area contributed by atoms with E-state index in [0.717, 1.165) is 16.8 Å². The van der Waals surface area contributed by atoms with Gasteiger partial charge in [-0.2, -0.15) is 5.10 Å². The fraction of sp³-hybridized carbons (Fsp3) is 0.0667. The van der Waals surface area contributed by atoms with Gasteiger partial charge in [-0.1, -0.05) is 15.9 Å². The lowest BCUT2D eigenvalue weighted by molar-refractivity contribution is -0.385. The van der Waals surface area contributed by atoms with Gasteiger partial charge >= 0.3 is 0 Å². The first-order valence-corrected chi connectivity index (χ1v) is 9.22. The highest BCUT2D eigenvalue weighted by atomic mass is 79.9. The van der Waals surface area contributed by atoms with E-state index < -0.39 is 10.8 Å². The number of phenols is 1. The molecule has 0 aliphatic heterocycles. The summed E-state index contributed by atoms with van der Waals surface area (Å²) in [6, 6.07) is 7.02. The number of benzene rings is 2. The number of hydrogen-bond acceptors (Lipinski definition) is 6. The molecule has 2 aromatic rings. The van der Waals surface area contributed by atoms with Crippen molar-refractivity contribution in [1.29, 1.82) is 0 Å². The number of hydrazone groups is 1. The SMILES string of the molecule is O=C(COc1c(Br)cc(Br)cc1Br)N/N=C\c1cc(O)ccc1[N+](=O)[O-]. The Morgan fingerprint density at radius 1 is 1.27 bits per heavy atom. The number of nitrogens with zero attached hydrogens (tertiary/aromatic N) is 2. The molecule has 2 aromatic carbocycles. The third kappa shape index (κ3) is 5.51. The Hall–Kier alpha value is -1.98. The number of hydrogen-bond donors (Lipinski definition) is 2. The van der Waals surface area contributed by atoms with Gasteiger partial charge in [-0.25, -0.2) is 5.43 Å². The average molecular weight is 552 g/mol. The fourth-order valence-electron chi connectivity index (χ4n) is 1.82. The molecule has 0 aliphatic rings. The van der Waals surface area contributed by atoms with Crippen LogP contribution in [-0.4, -0.2) is 28.8 Å². The second kappa shape index (κ2) is 9.10. The number of carbonyl (C=O) groups excluding carboxylic acids is 1. The van der Waals surface area contributed by atoms with Gasteiger partial charge in [0.2, 0.25) is 0 Å². The van der Waals surface area contributed by atoms with E-state index in [0.29, 0.717) is 14.7 Å². The van der Waals surface area contributed by atoms with Gasteiger partial charge in [-0.15, -0.1) is 0 Å². The van der Waals surface area contributed by atoms with E-state index in [1.54, 1.807) is 12.1 Å². The summed E-state index contributed by atoms with van der Waals surface area (Å²) in [5, 5.41) is 24.0. The number of halogens is 3. The van der Waals surface area contributed by atoms with Crippen molar-refractivity contribution in [3.05, 3.63) is 59.4 Å². The highest BCUT2D eigenvalue weighted by molar-refractivity contribution is 9.11. The third-order valence-electron chi connectivity index (χ3n) is 2.91. The van der Waals surface area contributed by atoms with Crippen molar-refractivity contribution >= 4 is 65.6 Å². The Morgan fingerprint density at radius 2 is 1.92 bits per heavy atom. The van der Waals surface area contributed by atoms with Gasteiger partial charge in [0, 0.05) is 10.5 Å². The number of ether oxygens (including phenoxy) is 1. The van der Waals surface area contributed by atoms with Crippen LogP contribution in [0.4, 0.5) is 5.69 Å². The lowest BCUT2D eigenvalue weighted by atomic mass is 10.2. The molecule has 1 amide bonds. The lowest BCUT2D eigenvalue weighted by Crippen LogP contribution is -2.24. The van der Waals surface area contributed by atoms with Crippen LogP contribution in [0.25, 0.3) is 0 Å². The van der Waals surface area contributed by atoms with Crippen molar-refractivity contribution in [2.24, 2.45) is 5.10 Å². The standard InChI is InChI=1S/C15H10Br3N3O5/c16-9-4-11(17)15(12(18)5-9)26-7-14(23)20-19-6-8-3-10(22)1-2-13(8)21(24)25/h1-6,22H,7H2,(H,20,23)/b19-6-. The van der Waals surface area contributed by atoms with Gasteiger partial charge in [-0.3, -0.25) is 14.9 Å². The number of nitrogens with one attached hydrogen (secondary N) is 1. The Morgan fingerprint density at radius 3 is 2.54 bits per heavy atom. The molecule has 2 N–H and O–H groups in total. The van der Waals surface area contributed by atoms with E-state index >= 15 is 0 Å². The molecule has 0 radical (unpaired) electrons. The molecule has 0 saturated heterocycles. The highest BCUT2D eigenvalue weighted by Gasteiger charge is 2.13. The molecule has 136 valence electrons. The van der Waals surface area contributed by atoms with Crippen molar-refractivity contribution in [1.82, 2.24) is 5.43 Å². The molecule has 0 saturated carbocycles. The minimum absolute atomic E-state index is 0.0506.